The lowest BCUT2D eigenvalue weighted by atomic mass is 10.0. The third kappa shape index (κ3) is 2.19. The van der Waals surface area contributed by atoms with E-state index in [2.05, 4.69) is 9.97 Å². The molecule has 4 nitrogen and oxygen atoms in total. The molecule has 2 aromatic carbocycles. The van der Waals surface area contributed by atoms with Gasteiger partial charge in [-0.15, -0.1) is 0 Å². The fraction of sp³-hybridized carbons (Fsp3) is 0. The first-order valence-corrected chi connectivity index (χ1v) is 6.26. The van der Waals surface area contributed by atoms with Crippen LogP contribution >= 0.6 is 0 Å². The molecule has 3 N–H and O–H groups in total. The molecule has 0 saturated heterocycles. The van der Waals surface area contributed by atoms with Crippen LogP contribution in [0.2, 0.25) is 0 Å². The number of aromatic nitrogens is 2. The Hall–Kier alpha value is -2.88. The van der Waals surface area contributed by atoms with E-state index in [1.807, 2.05) is 48.5 Å². The largest absolute Gasteiger partial charge is 0.369 e. The highest BCUT2D eigenvalue weighted by atomic mass is 16.1. The van der Waals surface area contributed by atoms with Gasteiger partial charge in [0.05, 0.1) is 0 Å². The zero-order valence-corrected chi connectivity index (χ0v) is 10.7. The minimum absolute atomic E-state index is 0.117. The Kier molecular flexibility index (Phi) is 3.05. The van der Waals surface area contributed by atoms with E-state index >= 15 is 0 Å². The van der Waals surface area contributed by atoms with Gasteiger partial charge in [-0.25, -0.2) is 4.98 Å². The summed E-state index contributed by atoms with van der Waals surface area (Å²) >= 11 is 0. The molecule has 0 radical (unpaired) electrons. The van der Waals surface area contributed by atoms with Crippen molar-refractivity contribution >= 4 is 11.7 Å². The van der Waals surface area contributed by atoms with Crippen LogP contribution in [-0.4, -0.2) is 15.8 Å². The molecule has 0 fully saturated rings. The Labute approximate surface area is 116 Å². The predicted octanol–water partition coefficient (Wildman–Crippen LogP) is 2.89. The summed E-state index contributed by atoms with van der Waals surface area (Å²) in [4.78, 5) is 19.6. The first-order chi connectivity index (χ1) is 9.75. The Balaban J connectivity index is 2.09. The van der Waals surface area contributed by atoms with E-state index in [1.165, 1.54) is 0 Å². The lowest BCUT2D eigenvalue weighted by Gasteiger charge is -2.02. The Morgan fingerprint density at radius 2 is 1.55 bits per heavy atom. The van der Waals surface area contributed by atoms with Crippen LogP contribution in [0.15, 0.2) is 60.7 Å². The highest BCUT2D eigenvalue weighted by Crippen LogP contribution is 2.24. The molecule has 1 heterocycles. The number of H-pyrrole nitrogens is 1. The first-order valence-electron chi connectivity index (χ1n) is 6.26. The van der Waals surface area contributed by atoms with Crippen LogP contribution < -0.4 is 5.73 Å². The smallest absolute Gasteiger partial charge is 0.211 e. The number of nitrogens with two attached hydrogens (primary N) is 1. The highest BCUT2D eigenvalue weighted by Gasteiger charge is 2.18. The molecule has 0 amide bonds. The van der Waals surface area contributed by atoms with Gasteiger partial charge in [0, 0.05) is 11.1 Å². The van der Waals surface area contributed by atoms with Gasteiger partial charge in [0.25, 0.3) is 0 Å². The number of benzene rings is 2. The number of nitrogens with zero attached hydrogens (tertiary/aromatic N) is 1. The molecule has 0 aliphatic heterocycles. The third-order valence-electron chi connectivity index (χ3n) is 3.03. The second kappa shape index (κ2) is 5.01. The number of anilines is 1. The van der Waals surface area contributed by atoms with Crippen molar-refractivity contribution in [3.05, 3.63) is 71.9 Å². The van der Waals surface area contributed by atoms with E-state index in [0.29, 0.717) is 17.0 Å². The normalized spacial score (nSPS) is 10.4. The van der Waals surface area contributed by atoms with Crippen LogP contribution in [0.5, 0.6) is 0 Å². The van der Waals surface area contributed by atoms with Gasteiger partial charge in [0.2, 0.25) is 5.78 Å². The first kappa shape index (κ1) is 12.2. The number of hydrogen-bond acceptors (Lipinski definition) is 3. The molecular weight excluding hydrogens is 250 g/mol. The van der Waals surface area contributed by atoms with Gasteiger partial charge in [-0.3, -0.25) is 4.79 Å². The number of carbonyl (C=O) groups is 1. The van der Waals surface area contributed by atoms with E-state index in [1.54, 1.807) is 12.1 Å². The quantitative estimate of drug-likeness (QED) is 0.714. The van der Waals surface area contributed by atoms with Crippen LogP contribution in [0.25, 0.3) is 11.3 Å². The van der Waals surface area contributed by atoms with Crippen LogP contribution in [0.3, 0.4) is 0 Å². The van der Waals surface area contributed by atoms with E-state index < -0.39 is 0 Å². The van der Waals surface area contributed by atoms with Crippen molar-refractivity contribution in [2.24, 2.45) is 0 Å². The van der Waals surface area contributed by atoms with Crippen LogP contribution in [0.1, 0.15) is 16.1 Å². The van der Waals surface area contributed by atoms with Crippen molar-refractivity contribution in [3.8, 4) is 11.3 Å². The summed E-state index contributed by atoms with van der Waals surface area (Å²) in [6.45, 7) is 0. The summed E-state index contributed by atoms with van der Waals surface area (Å²) in [6.07, 6.45) is 0. The summed E-state index contributed by atoms with van der Waals surface area (Å²) in [7, 11) is 0. The molecule has 0 saturated carbocycles. The number of nitrogen functional groups attached to an aromatic ring is 1. The van der Waals surface area contributed by atoms with Crippen molar-refractivity contribution in [3.63, 3.8) is 0 Å². The van der Waals surface area contributed by atoms with Crippen molar-refractivity contribution in [1.29, 1.82) is 0 Å². The zero-order valence-electron chi connectivity index (χ0n) is 10.7. The van der Waals surface area contributed by atoms with Gasteiger partial charge in [-0.05, 0) is 0 Å². The number of rotatable bonds is 3. The maximum Gasteiger partial charge on any atom is 0.211 e. The zero-order chi connectivity index (χ0) is 13.9. The average Bonchev–Trinajstić information content (AvgIpc) is 2.90. The lowest BCUT2D eigenvalue weighted by molar-refractivity contribution is 0.103. The monoisotopic (exact) mass is 263 g/mol. The van der Waals surface area contributed by atoms with Gasteiger partial charge in [0.1, 0.15) is 11.4 Å². The van der Waals surface area contributed by atoms with Crippen LogP contribution in [-0.2, 0) is 0 Å². The summed E-state index contributed by atoms with van der Waals surface area (Å²) in [5.41, 5.74) is 8.18. The number of carbonyl (C=O) groups excluding carboxylic acids is 1. The molecule has 0 aliphatic carbocycles. The van der Waals surface area contributed by atoms with Crippen LogP contribution in [0, 0.1) is 0 Å². The number of hydrogen-bond donors (Lipinski definition) is 2. The van der Waals surface area contributed by atoms with Gasteiger partial charge < -0.3 is 10.7 Å². The van der Waals surface area contributed by atoms with Crippen molar-refractivity contribution in [1.82, 2.24) is 9.97 Å². The SMILES string of the molecule is Nc1nc(-c2ccccc2)c(C(=O)c2ccccc2)[nH]1. The average molecular weight is 263 g/mol. The number of aromatic amines is 1. The summed E-state index contributed by atoms with van der Waals surface area (Å²) in [5.74, 6) is 0.122. The van der Waals surface area contributed by atoms with Crippen molar-refractivity contribution < 1.29 is 4.79 Å². The fourth-order valence-electron chi connectivity index (χ4n) is 2.09. The Morgan fingerprint density at radius 3 is 2.20 bits per heavy atom. The predicted molar refractivity (Wildman–Crippen MR) is 78.3 cm³/mol. The van der Waals surface area contributed by atoms with Crippen LogP contribution in [0.4, 0.5) is 5.95 Å². The molecule has 98 valence electrons. The number of imidazole rings is 1. The second-order valence-corrected chi connectivity index (χ2v) is 4.41. The molecule has 3 aromatic rings. The molecule has 1 aromatic heterocycles. The molecule has 4 heteroatoms. The summed E-state index contributed by atoms with van der Waals surface area (Å²) in [5, 5.41) is 0. The van der Waals surface area contributed by atoms with Crippen molar-refractivity contribution in [2.45, 2.75) is 0 Å². The molecule has 3 rings (SSSR count). The van der Waals surface area contributed by atoms with E-state index in [9.17, 15) is 4.79 Å². The fourth-order valence-corrected chi connectivity index (χ4v) is 2.09. The lowest BCUT2D eigenvalue weighted by Crippen LogP contribution is -2.03. The molecule has 20 heavy (non-hydrogen) atoms. The topological polar surface area (TPSA) is 71.8 Å². The molecular formula is C16H13N3O. The van der Waals surface area contributed by atoms with E-state index in [4.69, 9.17) is 5.73 Å². The standard InChI is InChI=1S/C16H13N3O/c17-16-18-13(11-7-3-1-4-8-11)14(19-16)15(20)12-9-5-2-6-10-12/h1-10H,(H3,17,18,19). The second-order valence-electron chi connectivity index (χ2n) is 4.41. The minimum atomic E-state index is -0.117. The number of ketones is 1. The molecule has 0 spiro atoms. The minimum Gasteiger partial charge on any atom is -0.369 e. The maximum atomic E-state index is 12.5. The number of nitrogens with one attached hydrogen (secondary N) is 1. The molecule has 0 unspecified atom stereocenters. The van der Waals surface area contributed by atoms with Crippen molar-refractivity contribution in [2.75, 3.05) is 5.73 Å². The molecule has 0 bridgehead atoms. The highest BCUT2D eigenvalue weighted by molar-refractivity contribution is 6.11. The van der Waals surface area contributed by atoms with E-state index in [0.717, 1.165) is 5.56 Å². The van der Waals surface area contributed by atoms with Gasteiger partial charge in [-0.2, -0.15) is 0 Å². The van der Waals surface area contributed by atoms with Gasteiger partial charge in [-0.1, -0.05) is 60.7 Å². The summed E-state index contributed by atoms with van der Waals surface area (Å²) < 4.78 is 0. The Bertz CT molecular complexity index is 733. The van der Waals surface area contributed by atoms with Gasteiger partial charge >= 0.3 is 0 Å². The molecule has 0 atom stereocenters. The molecule has 0 aliphatic rings. The van der Waals surface area contributed by atoms with E-state index in [-0.39, 0.29) is 11.7 Å². The maximum absolute atomic E-state index is 12.5. The summed E-state index contributed by atoms with van der Waals surface area (Å²) in [6, 6.07) is 18.6. The Morgan fingerprint density at radius 1 is 0.950 bits per heavy atom. The third-order valence-corrected chi connectivity index (χ3v) is 3.03. The van der Waals surface area contributed by atoms with Gasteiger partial charge in [0.15, 0.2) is 5.95 Å².